The summed E-state index contributed by atoms with van der Waals surface area (Å²) in [5.41, 5.74) is 3.06. The van der Waals surface area contributed by atoms with Gasteiger partial charge in [0.1, 0.15) is 0 Å². The van der Waals surface area contributed by atoms with Gasteiger partial charge in [0.05, 0.1) is 17.0 Å². The molecular formula is C15H16N2O2. The van der Waals surface area contributed by atoms with E-state index in [9.17, 15) is 4.79 Å². The topological polar surface area (TPSA) is 53.4 Å². The van der Waals surface area contributed by atoms with Crippen molar-refractivity contribution in [3.8, 4) is 11.3 Å². The Kier molecular flexibility index (Phi) is 3.92. The molecule has 2 rings (SSSR count). The number of benzene rings is 1. The molecule has 0 amide bonds. The van der Waals surface area contributed by atoms with Gasteiger partial charge in [0.25, 0.3) is 0 Å². The Morgan fingerprint density at radius 3 is 2.42 bits per heavy atom. The van der Waals surface area contributed by atoms with Gasteiger partial charge in [0.2, 0.25) is 0 Å². The number of carbonyl (C=O) groups is 1. The third-order valence-electron chi connectivity index (χ3n) is 2.71. The predicted molar refractivity (Wildman–Crippen MR) is 74.0 cm³/mol. The molecule has 98 valence electrons. The number of pyridine rings is 1. The molecule has 4 nitrogen and oxygen atoms in total. The fourth-order valence-electron chi connectivity index (χ4n) is 1.84. The second-order valence-electron chi connectivity index (χ2n) is 4.63. The van der Waals surface area contributed by atoms with E-state index in [1.165, 1.54) is 0 Å². The number of carboxylic acid groups (broad SMARTS) is 1. The van der Waals surface area contributed by atoms with Crippen LogP contribution in [0, 0.1) is 0 Å². The molecule has 1 aromatic carbocycles. The zero-order chi connectivity index (χ0) is 13.8. The average Bonchev–Trinajstić information content (AvgIpc) is 2.38. The van der Waals surface area contributed by atoms with Crippen molar-refractivity contribution >= 4 is 5.97 Å². The van der Waals surface area contributed by atoms with Gasteiger partial charge in [-0.05, 0) is 38.4 Å². The third kappa shape index (κ3) is 3.39. The molecule has 0 aliphatic rings. The van der Waals surface area contributed by atoms with Crippen molar-refractivity contribution in [2.75, 3.05) is 14.1 Å². The first-order valence-electron chi connectivity index (χ1n) is 6.00. The fourth-order valence-corrected chi connectivity index (χ4v) is 1.84. The molecule has 1 aromatic heterocycles. The summed E-state index contributed by atoms with van der Waals surface area (Å²) in [6, 6.07) is 12.6. The monoisotopic (exact) mass is 256 g/mol. The molecule has 0 saturated heterocycles. The van der Waals surface area contributed by atoms with E-state index in [2.05, 4.69) is 9.88 Å². The first-order valence-corrected chi connectivity index (χ1v) is 6.00. The molecule has 0 atom stereocenters. The van der Waals surface area contributed by atoms with Crippen LogP contribution in [0.1, 0.15) is 16.1 Å². The van der Waals surface area contributed by atoms with E-state index in [-0.39, 0.29) is 5.56 Å². The van der Waals surface area contributed by atoms with Crippen LogP contribution >= 0.6 is 0 Å². The van der Waals surface area contributed by atoms with Crippen molar-refractivity contribution in [2.24, 2.45) is 0 Å². The first kappa shape index (κ1) is 13.2. The van der Waals surface area contributed by atoms with Crippen LogP contribution in [-0.4, -0.2) is 35.1 Å². The zero-order valence-corrected chi connectivity index (χ0v) is 11.0. The number of nitrogens with zero attached hydrogens (tertiary/aromatic N) is 2. The molecule has 0 radical (unpaired) electrons. The number of aromatic carboxylic acids is 1. The quantitative estimate of drug-likeness (QED) is 0.913. The predicted octanol–water partition coefficient (Wildman–Crippen LogP) is 2.51. The number of hydrogen-bond donors (Lipinski definition) is 1. The molecule has 4 heteroatoms. The lowest BCUT2D eigenvalue weighted by atomic mass is 10.1. The molecule has 0 spiro atoms. The molecule has 0 fully saturated rings. The number of aromatic nitrogens is 1. The first-order chi connectivity index (χ1) is 9.06. The van der Waals surface area contributed by atoms with Crippen LogP contribution in [0.3, 0.4) is 0 Å². The average molecular weight is 256 g/mol. The smallest absolute Gasteiger partial charge is 0.335 e. The highest BCUT2D eigenvalue weighted by Gasteiger charge is 2.05. The van der Waals surface area contributed by atoms with Crippen molar-refractivity contribution < 1.29 is 9.90 Å². The molecule has 0 saturated carbocycles. The van der Waals surface area contributed by atoms with E-state index in [1.54, 1.807) is 24.3 Å². The Morgan fingerprint density at radius 1 is 1.16 bits per heavy atom. The lowest BCUT2D eigenvalue weighted by Crippen LogP contribution is -2.11. The number of rotatable bonds is 4. The summed E-state index contributed by atoms with van der Waals surface area (Å²) < 4.78 is 0. The van der Waals surface area contributed by atoms with Crippen LogP contribution in [0.25, 0.3) is 11.3 Å². The highest BCUT2D eigenvalue weighted by Crippen LogP contribution is 2.18. The minimum atomic E-state index is -0.916. The lowest BCUT2D eigenvalue weighted by molar-refractivity contribution is 0.0697. The standard InChI is InChI=1S/C15H16N2O2/c1-17(2)10-13-4-3-5-14(16-13)11-6-8-12(9-7-11)15(18)19/h3-9H,10H2,1-2H3,(H,18,19). The second-order valence-corrected chi connectivity index (χ2v) is 4.63. The van der Waals surface area contributed by atoms with Gasteiger partial charge in [-0.25, -0.2) is 4.79 Å². The maximum atomic E-state index is 10.8. The van der Waals surface area contributed by atoms with Gasteiger partial charge < -0.3 is 10.0 Å². The van der Waals surface area contributed by atoms with Gasteiger partial charge >= 0.3 is 5.97 Å². The van der Waals surface area contributed by atoms with Gasteiger partial charge in [-0.1, -0.05) is 18.2 Å². The molecule has 0 aliphatic carbocycles. The largest absolute Gasteiger partial charge is 0.478 e. The fraction of sp³-hybridized carbons (Fsp3) is 0.200. The van der Waals surface area contributed by atoms with Crippen molar-refractivity contribution in [3.63, 3.8) is 0 Å². The Labute approximate surface area is 112 Å². The Bertz CT molecular complexity index is 577. The van der Waals surface area contributed by atoms with Gasteiger partial charge in [-0.2, -0.15) is 0 Å². The minimum Gasteiger partial charge on any atom is -0.478 e. The normalized spacial score (nSPS) is 10.7. The highest BCUT2D eigenvalue weighted by atomic mass is 16.4. The number of carboxylic acids is 1. The van der Waals surface area contributed by atoms with Crippen LogP contribution in [0.15, 0.2) is 42.5 Å². The van der Waals surface area contributed by atoms with Crippen LogP contribution in [0.5, 0.6) is 0 Å². The van der Waals surface area contributed by atoms with Crippen molar-refractivity contribution in [1.29, 1.82) is 0 Å². The number of hydrogen-bond acceptors (Lipinski definition) is 3. The van der Waals surface area contributed by atoms with Crippen LogP contribution in [0.4, 0.5) is 0 Å². The van der Waals surface area contributed by atoms with Crippen LogP contribution in [0.2, 0.25) is 0 Å². The molecular weight excluding hydrogens is 240 g/mol. The Morgan fingerprint density at radius 2 is 1.84 bits per heavy atom. The highest BCUT2D eigenvalue weighted by molar-refractivity contribution is 5.88. The van der Waals surface area contributed by atoms with E-state index in [4.69, 9.17) is 5.11 Å². The van der Waals surface area contributed by atoms with Crippen molar-refractivity contribution in [1.82, 2.24) is 9.88 Å². The van der Waals surface area contributed by atoms with E-state index in [0.29, 0.717) is 0 Å². The summed E-state index contributed by atoms with van der Waals surface area (Å²) in [7, 11) is 3.99. The molecule has 19 heavy (non-hydrogen) atoms. The summed E-state index contributed by atoms with van der Waals surface area (Å²) in [4.78, 5) is 17.4. The van der Waals surface area contributed by atoms with Crippen LogP contribution < -0.4 is 0 Å². The van der Waals surface area contributed by atoms with E-state index in [0.717, 1.165) is 23.5 Å². The maximum Gasteiger partial charge on any atom is 0.335 e. The lowest BCUT2D eigenvalue weighted by Gasteiger charge is -2.10. The summed E-state index contributed by atoms with van der Waals surface area (Å²) in [6.45, 7) is 0.779. The molecule has 1 heterocycles. The second kappa shape index (κ2) is 5.63. The Hall–Kier alpha value is -2.20. The van der Waals surface area contributed by atoms with Gasteiger partial charge in [-0.15, -0.1) is 0 Å². The van der Waals surface area contributed by atoms with Gasteiger partial charge in [-0.3, -0.25) is 4.98 Å². The van der Waals surface area contributed by atoms with Crippen molar-refractivity contribution in [3.05, 3.63) is 53.7 Å². The molecule has 0 bridgehead atoms. The molecule has 1 N–H and O–H groups in total. The van der Waals surface area contributed by atoms with E-state index >= 15 is 0 Å². The van der Waals surface area contributed by atoms with Crippen LogP contribution in [-0.2, 0) is 6.54 Å². The SMILES string of the molecule is CN(C)Cc1cccc(-c2ccc(C(=O)O)cc2)n1. The molecule has 0 aliphatic heterocycles. The summed E-state index contributed by atoms with van der Waals surface area (Å²) in [6.07, 6.45) is 0. The van der Waals surface area contributed by atoms with Crippen molar-refractivity contribution in [2.45, 2.75) is 6.54 Å². The Balaban J connectivity index is 2.28. The molecule has 2 aromatic rings. The third-order valence-corrected chi connectivity index (χ3v) is 2.71. The maximum absolute atomic E-state index is 10.8. The minimum absolute atomic E-state index is 0.285. The zero-order valence-electron chi connectivity index (χ0n) is 11.0. The van der Waals surface area contributed by atoms with Gasteiger partial charge in [0, 0.05) is 12.1 Å². The van der Waals surface area contributed by atoms with Gasteiger partial charge in [0.15, 0.2) is 0 Å². The summed E-state index contributed by atoms with van der Waals surface area (Å²) >= 11 is 0. The van der Waals surface area contributed by atoms with E-state index < -0.39 is 5.97 Å². The molecule has 0 unspecified atom stereocenters. The van der Waals surface area contributed by atoms with E-state index in [1.807, 2.05) is 32.3 Å². The summed E-state index contributed by atoms with van der Waals surface area (Å²) in [5.74, 6) is -0.916. The summed E-state index contributed by atoms with van der Waals surface area (Å²) in [5, 5.41) is 8.87.